The van der Waals surface area contributed by atoms with Crippen LogP contribution in [0, 0.1) is 0 Å². The molecule has 0 amide bonds. The van der Waals surface area contributed by atoms with Gasteiger partial charge < -0.3 is 14.9 Å². The van der Waals surface area contributed by atoms with Crippen molar-refractivity contribution in [1.82, 2.24) is 0 Å². The van der Waals surface area contributed by atoms with Gasteiger partial charge in [-0.2, -0.15) is 0 Å². The van der Waals surface area contributed by atoms with Crippen LogP contribution in [0.5, 0.6) is 0 Å². The van der Waals surface area contributed by atoms with Crippen LogP contribution in [-0.4, -0.2) is 34.4 Å². The second kappa shape index (κ2) is 6.95. The molecule has 2 N–H and O–H groups in total. The van der Waals surface area contributed by atoms with E-state index in [-0.39, 0.29) is 11.4 Å². The molecule has 3 nitrogen and oxygen atoms in total. The van der Waals surface area contributed by atoms with Gasteiger partial charge in [0.2, 0.25) is 0 Å². The highest BCUT2D eigenvalue weighted by atomic mass is 79.9. The van der Waals surface area contributed by atoms with Crippen molar-refractivity contribution in [2.24, 2.45) is 0 Å². The van der Waals surface area contributed by atoms with Gasteiger partial charge in [-0.25, -0.2) is 0 Å². The zero-order valence-electron chi connectivity index (χ0n) is 8.34. The Kier molecular flexibility index (Phi) is 5.86. The number of alkyl halides is 1. The molecule has 0 unspecified atom stereocenters. The molecule has 4 heteroatoms. The van der Waals surface area contributed by atoms with Crippen molar-refractivity contribution in [3.05, 3.63) is 35.9 Å². The van der Waals surface area contributed by atoms with Crippen LogP contribution in [0.15, 0.2) is 30.3 Å². The highest BCUT2D eigenvalue weighted by Gasteiger charge is 2.14. The van der Waals surface area contributed by atoms with E-state index in [1.165, 1.54) is 0 Å². The van der Waals surface area contributed by atoms with Crippen LogP contribution in [0.25, 0.3) is 0 Å². The van der Waals surface area contributed by atoms with Gasteiger partial charge in [0.05, 0.1) is 30.8 Å². The van der Waals surface area contributed by atoms with Gasteiger partial charge >= 0.3 is 0 Å². The number of aliphatic hydroxyl groups excluding tert-OH is 2. The lowest BCUT2D eigenvalue weighted by atomic mass is 10.2. The van der Waals surface area contributed by atoms with E-state index in [2.05, 4.69) is 15.9 Å². The molecule has 0 saturated carbocycles. The predicted molar refractivity (Wildman–Crippen MR) is 61.9 cm³/mol. The lowest BCUT2D eigenvalue weighted by molar-refractivity contribution is 0.0513. The maximum atomic E-state index is 9.25. The quantitative estimate of drug-likeness (QED) is 0.770. The number of aliphatic hydroxyl groups is 2. The summed E-state index contributed by atoms with van der Waals surface area (Å²) >= 11 is 3.24. The fourth-order valence-corrected chi connectivity index (χ4v) is 1.44. The van der Waals surface area contributed by atoms with E-state index in [0.717, 1.165) is 5.56 Å². The van der Waals surface area contributed by atoms with Crippen molar-refractivity contribution in [2.45, 2.75) is 17.5 Å². The molecular formula is C11H15BrO3. The Bertz CT molecular complexity index is 266. The first-order valence-corrected chi connectivity index (χ1v) is 5.70. The molecule has 0 heterocycles. The summed E-state index contributed by atoms with van der Waals surface area (Å²) in [7, 11) is 0. The fraction of sp³-hybridized carbons (Fsp3) is 0.455. The molecule has 1 rings (SSSR count). The summed E-state index contributed by atoms with van der Waals surface area (Å²) < 4.78 is 5.39. The molecule has 84 valence electrons. The Balaban J connectivity index is 2.22. The molecule has 0 saturated heterocycles. The average Bonchev–Trinajstić information content (AvgIpc) is 2.29. The fourth-order valence-electron chi connectivity index (χ4n) is 1.09. The van der Waals surface area contributed by atoms with Crippen LogP contribution < -0.4 is 0 Å². The third-order valence-electron chi connectivity index (χ3n) is 1.99. The van der Waals surface area contributed by atoms with Gasteiger partial charge in [0.1, 0.15) is 0 Å². The molecule has 15 heavy (non-hydrogen) atoms. The maximum Gasteiger partial charge on any atom is 0.0917 e. The molecular weight excluding hydrogens is 260 g/mol. The molecule has 0 aliphatic carbocycles. The van der Waals surface area contributed by atoms with Crippen molar-refractivity contribution in [2.75, 3.05) is 13.2 Å². The van der Waals surface area contributed by atoms with Crippen LogP contribution in [0.4, 0.5) is 0 Å². The molecule has 0 radical (unpaired) electrons. The zero-order chi connectivity index (χ0) is 11.1. The van der Waals surface area contributed by atoms with Gasteiger partial charge in [0.15, 0.2) is 0 Å². The van der Waals surface area contributed by atoms with E-state index in [1.807, 2.05) is 30.3 Å². The third-order valence-corrected chi connectivity index (χ3v) is 2.87. The Hall–Kier alpha value is -0.420. The first kappa shape index (κ1) is 12.6. The standard InChI is InChI=1S/C11H15BrO3/c12-10(11(14)6-13)8-15-7-9-4-2-1-3-5-9/h1-5,10-11,13-14H,6-8H2/t10-,11-/m0/s1. The molecule has 0 fully saturated rings. The van der Waals surface area contributed by atoms with Gasteiger partial charge in [0, 0.05) is 0 Å². The van der Waals surface area contributed by atoms with E-state index < -0.39 is 6.10 Å². The van der Waals surface area contributed by atoms with Crippen LogP contribution in [0.2, 0.25) is 0 Å². The topological polar surface area (TPSA) is 49.7 Å². The summed E-state index contributed by atoms with van der Waals surface area (Å²) in [6, 6.07) is 9.81. The van der Waals surface area contributed by atoms with Crippen LogP contribution in [0.1, 0.15) is 5.56 Å². The van der Waals surface area contributed by atoms with Crippen LogP contribution >= 0.6 is 15.9 Å². The minimum Gasteiger partial charge on any atom is -0.394 e. The van der Waals surface area contributed by atoms with Gasteiger partial charge in [-0.15, -0.1) is 0 Å². The van der Waals surface area contributed by atoms with Crippen molar-refractivity contribution >= 4 is 15.9 Å². The summed E-state index contributed by atoms with van der Waals surface area (Å²) in [5, 5.41) is 17.9. The molecule has 0 aromatic heterocycles. The molecule has 0 spiro atoms. The van der Waals surface area contributed by atoms with E-state index >= 15 is 0 Å². The normalized spacial score (nSPS) is 14.9. The highest BCUT2D eigenvalue weighted by Crippen LogP contribution is 2.08. The van der Waals surface area contributed by atoms with Gasteiger partial charge in [-0.05, 0) is 5.56 Å². The molecule has 1 aromatic carbocycles. The number of rotatable bonds is 6. The first-order chi connectivity index (χ1) is 7.24. The minimum absolute atomic E-state index is 0.230. The maximum absolute atomic E-state index is 9.25. The third kappa shape index (κ3) is 4.75. The van der Waals surface area contributed by atoms with Crippen molar-refractivity contribution in [3.63, 3.8) is 0 Å². The summed E-state index contributed by atoms with van der Waals surface area (Å²) in [5.74, 6) is 0. The number of hydrogen-bond acceptors (Lipinski definition) is 3. The molecule has 1 aromatic rings. The number of benzene rings is 1. The van der Waals surface area contributed by atoms with E-state index in [1.54, 1.807) is 0 Å². The monoisotopic (exact) mass is 274 g/mol. The largest absolute Gasteiger partial charge is 0.394 e. The highest BCUT2D eigenvalue weighted by molar-refractivity contribution is 9.09. The second-order valence-corrected chi connectivity index (χ2v) is 4.44. The molecule has 0 bridgehead atoms. The Morgan fingerprint density at radius 3 is 2.53 bits per heavy atom. The number of halogens is 1. The van der Waals surface area contributed by atoms with Gasteiger partial charge in [-0.3, -0.25) is 0 Å². The van der Waals surface area contributed by atoms with Gasteiger partial charge in [0.25, 0.3) is 0 Å². The Labute approximate surface area is 97.8 Å². The summed E-state index contributed by atoms with van der Waals surface area (Å²) in [4.78, 5) is -0.230. The smallest absolute Gasteiger partial charge is 0.0917 e. The summed E-state index contributed by atoms with van der Waals surface area (Å²) in [5.41, 5.74) is 1.09. The van der Waals surface area contributed by atoms with Crippen LogP contribution in [0.3, 0.4) is 0 Å². The van der Waals surface area contributed by atoms with E-state index in [0.29, 0.717) is 13.2 Å². The lowest BCUT2D eigenvalue weighted by Crippen LogP contribution is -2.28. The van der Waals surface area contributed by atoms with Crippen molar-refractivity contribution in [1.29, 1.82) is 0 Å². The Morgan fingerprint density at radius 2 is 1.93 bits per heavy atom. The predicted octanol–water partition coefficient (Wildman–Crippen LogP) is 1.32. The van der Waals surface area contributed by atoms with Crippen molar-refractivity contribution < 1.29 is 14.9 Å². The summed E-state index contributed by atoms with van der Waals surface area (Å²) in [6.45, 7) is 0.627. The Morgan fingerprint density at radius 1 is 1.27 bits per heavy atom. The lowest BCUT2D eigenvalue weighted by Gasteiger charge is -2.14. The van der Waals surface area contributed by atoms with Crippen molar-refractivity contribution in [3.8, 4) is 0 Å². The molecule has 0 aliphatic rings. The van der Waals surface area contributed by atoms with Gasteiger partial charge in [-0.1, -0.05) is 46.3 Å². The first-order valence-electron chi connectivity index (χ1n) is 4.78. The molecule has 0 aliphatic heterocycles. The van der Waals surface area contributed by atoms with Crippen LogP contribution in [-0.2, 0) is 11.3 Å². The zero-order valence-corrected chi connectivity index (χ0v) is 9.93. The minimum atomic E-state index is -0.777. The number of ether oxygens (including phenoxy) is 1. The summed E-state index contributed by atoms with van der Waals surface area (Å²) in [6.07, 6.45) is -0.777. The average molecular weight is 275 g/mol. The SMILES string of the molecule is OC[C@H](O)[C@@H](Br)COCc1ccccc1. The van der Waals surface area contributed by atoms with E-state index in [4.69, 9.17) is 9.84 Å². The second-order valence-electron chi connectivity index (χ2n) is 3.27. The molecule has 2 atom stereocenters. The van der Waals surface area contributed by atoms with E-state index in [9.17, 15) is 5.11 Å². The number of hydrogen-bond donors (Lipinski definition) is 2.